The van der Waals surface area contributed by atoms with Crippen molar-refractivity contribution in [1.29, 1.82) is 0 Å². The number of amides is 2. The number of carbonyl (C=O) groups is 2. The van der Waals surface area contributed by atoms with Crippen LogP contribution in [0.2, 0.25) is 0 Å². The summed E-state index contributed by atoms with van der Waals surface area (Å²) in [5, 5.41) is 8.76. The minimum atomic E-state index is -0.739. The normalized spacial score (nSPS) is 22.6. The van der Waals surface area contributed by atoms with Crippen molar-refractivity contribution >= 4 is 12.0 Å². The number of hydrogen-bond acceptors (Lipinski definition) is 2. The van der Waals surface area contributed by atoms with Crippen LogP contribution in [0.4, 0.5) is 4.79 Å². The van der Waals surface area contributed by atoms with Gasteiger partial charge < -0.3 is 14.9 Å². The van der Waals surface area contributed by atoms with Crippen molar-refractivity contribution in [1.82, 2.24) is 9.80 Å². The van der Waals surface area contributed by atoms with E-state index in [-0.39, 0.29) is 12.5 Å². The molecule has 114 valence electrons. The Bertz CT molecular complexity index is 355. The number of carboxylic acids is 1. The van der Waals surface area contributed by atoms with Crippen molar-refractivity contribution in [3.63, 3.8) is 0 Å². The fourth-order valence-electron chi connectivity index (χ4n) is 2.96. The Morgan fingerprint density at radius 1 is 1.25 bits per heavy atom. The molecule has 0 spiro atoms. The minimum absolute atomic E-state index is 0.152. The number of aliphatic carboxylic acids is 1. The highest BCUT2D eigenvalue weighted by atomic mass is 16.4. The molecule has 1 N–H and O–H groups in total. The fraction of sp³-hybridized carbons (Fsp3) is 0.867. The van der Waals surface area contributed by atoms with Gasteiger partial charge in [-0.1, -0.05) is 0 Å². The zero-order chi connectivity index (χ0) is 14.5. The molecule has 5 nitrogen and oxygen atoms in total. The lowest BCUT2D eigenvalue weighted by Crippen LogP contribution is -2.48. The first-order valence-electron chi connectivity index (χ1n) is 7.85. The summed E-state index contributed by atoms with van der Waals surface area (Å²) in [7, 11) is 0. The molecule has 1 saturated heterocycles. The summed E-state index contributed by atoms with van der Waals surface area (Å²) >= 11 is 0. The van der Waals surface area contributed by atoms with Gasteiger partial charge >= 0.3 is 12.0 Å². The Kier molecular flexibility index (Phi) is 5.26. The van der Waals surface area contributed by atoms with E-state index in [1.807, 2.05) is 16.7 Å². The number of nitrogens with zero attached hydrogens (tertiary/aromatic N) is 2. The number of urea groups is 1. The van der Waals surface area contributed by atoms with Gasteiger partial charge in [-0.3, -0.25) is 4.79 Å². The SMILES string of the molecule is CCN(CC1CC1)C(=O)N1CCCC(CCC(=O)O)C1. The molecular formula is C15H26N2O3. The van der Waals surface area contributed by atoms with Crippen molar-refractivity contribution in [3.05, 3.63) is 0 Å². The lowest BCUT2D eigenvalue weighted by Gasteiger charge is -2.36. The van der Waals surface area contributed by atoms with Gasteiger partial charge in [-0.15, -0.1) is 0 Å². The maximum Gasteiger partial charge on any atom is 0.320 e. The summed E-state index contributed by atoms with van der Waals surface area (Å²) in [6.07, 6.45) is 5.46. The molecule has 0 bridgehead atoms. The first-order chi connectivity index (χ1) is 9.60. The summed E-state index contributed by atoms with van der Waals surface area (Å²) < 4.78 is 0. The Labute approximate surface area is 120 Å². The summed E-state index contributed by atoms with van der Waals surface area (Å²) in [6, 6.07) is 0.152. The van der Waals surface area contributed by atoms with Gasteiger partial charge in [-0.25, -0.2) is 4.79 Å². The molecule has 1 unspecified atom stereocenters. The molecule has 0 radical (unpaired) electrons. The monoisotopic (exact) mass is 282 g/mol. The van der Waals surface area contributed by atoms with Crippen LogP contribution in [0, 0.1) is 11.8 Å². The van der Waals surface area contributed by atoms with E-state index in [1.54, 1.807) is 0 Å². The molecular weight excluding hydrogens is 256 g/mol. The van der Waals surface area contributed by atoms with E-state index in [1.165, 1.54) is 12.8 Å². The molecule has 1 aliphatic carbocycles. The summed E-state index contributed by atoms with van der Waals surface area (Å²) in [6.45, 7) is 5.25. The third kappa shape index (κ3) is 4.39. The van der Waals surface area contributed by atoms with Crippen LogP contribution in [0.1, 0.15) is 45.4 Å². The highest BCUT2D eigenvalue weighted by Crippen LogP contribution is 2.30. The third-order valence-electron chi connectivity index (χ3n) is 4.38. The molecule has 2 rings (SSSR count). The van der Waals surface area contributed by atoms with Gasteiger partial charge in [-0.2, -0.15) is 0 Å². The number of likely N-dealkylation sites (tertiary alicyclic amines) is 1. The predicted molar refractivity (Wildman–Crippen MR) is 76.5 cm³/mol. The van der Waals surface area contributed by atoms with Gasteiger partial charge in [0.25, 0.3) is 0 Å². The second kappa shape index (κ2) is 6.95. The maximum atomic E-state index is 12.5. The van der Waals surface area contributed by atoms with Crippen LogP contribution in [0.15, 0.2) is 0 Å². The lowest BCUT2D eigenvalue weighted by molar-refractivity contribution is -0.137. The molecule has 2 aliphatic rings. The van der Waals surface area contributed by atoms with Crippen LogP contribution < -0.4 is 0 Å². The van der Waals surface area contributed by atoms with Crippen molar-refractivity contribution in [2.24, 2.45) is 11.8 Å². The average Bonchev–Trinajstić information content (AvgIpc) is 3.26. The number of hydrogen-bond donors (Lipinski definition) is 1. The first kappa shape index (κ1) is 15.1. The number of carbonyl (C=O) groups excluding carboxylic acids is 1. The average molecular weight is 282 g/mol. The molecule has 0 aromatic heterocycles. The van der Waals surface area contributed by atoms with Gasteiger partial charge in [0, 0.05) is 32.6 Å². The number of rotatable bonds is 6. The van der Waals surface area contributed by atoms with Crippen LogP contribution in [0.5, 0.6) is 0 Å². The van der Waals surface area contributed by atoms with Gasteiger partial charge in [0.2, 0.25) is 0 Å². The van der Waals surface area contributed by atoms with Crippen LogP contribution in [-0.4, -0.2) is 53.1 Å². The van der Waals surface area contributed by atoms with Gasteiger partial charge in [-0.05, 0) is 50.9 Å². The molecule has 2 amide bonds. The highest BCUT2D eigenvalue weighted by molar-refractivity contribution is 5.74. The number of piperidine rings is 1. The summed E-state index contributed by atoms with van der Waals surface area (Å²) in [4.78, 5) is 27.1. The van der Waals surface area contributed by atoms with E-state index in [9.17, 15) is 9.59 Å². The zero-order valence-corrected chi connectivity index (χ0v) is 12.4. The van der Waals surface area contributed by atoms with Crippen molar-refractivity contribution in [2.45, 2.75) is 45.4 Å². The van der Waals surface area contributed by atoms with Crippen molar-refractivity contribution < 1.29 is 14.7 Å². The molecule has 20 heavy (non-hydrogen) atoms. The fourth-order valence-corrected chi connectivity index (χ4v) is 2.96. The largest absolute Gasteiger partial charge is 0.481 e. The van der Waals surface area contributed by atoms with E-state index in [0.29, 0.717) is 18.3 Å². The topological polar surface area (TPSA) is 60.9 Å². The Morgan fingerprint density at radius 2 is 2.00 bits per heavy atom. The van der Waals surface area contributed by atoms with Crippen molar-refractivity contribution in [2.75, 3.05) is 26.2 Å². The van der Waals surface area contributed by atoms with Crippen LogP contribution >= 0.6 is 0 Å². The van der Waals surface area contributed by atoms with E-state index in [4.69, 9.17) is 5.11 Å². The predicted octanol–water partition coefficient (Wildman–Crippen LogP) is 2.42. The molecule has 2 fully saturated rings. The standard InChI is InChI=1S/C15H26N2O3/c1-2-16(10-13-5-6-13)15(20)17-9-3-4-12(11-17)7-8-14(18)19/h12-13H,2-11H2,1H3,(H,18,19). The Hall–Kier alpha value is -1.26. The van der Waals surface area contributed by atoms with Crippen LogP contribution in [0.25, 0.3) is 0 Å². The summed E-state index contributed by atoms with van der Waals surface area (Å²) in [5.41, 5.74) is 0. The second-order valence-electron chi connectivity index (χ2n) is 6.15. The number of carboxylic acid groups (broad SMARTS) is 1. The van der Waals surface area contributed by atoms with Gasteiger partial charge in [0.05, 0.1) is 0 Å². The van der Waals surface area contributed by atoms with Crippen LogP contribution in [0.3, 0.4) is 0 Å². The smallest absolute Gasteiger partial charge is 0.320 e. The molecule has 1 saturated carbocycles. The van der Waals surface area contributed by atoms with Gasteiger partial charge in [0.15, 0.2) is 0 Å². The maximum absolute atomic E-state index is 12.5. The minimum Gasteiger partial charge on any atom is -0.481 e. The molecule has 0 aromatic carbocycles. The third-order valence-corrected chi connectivity index (χ3v) is 4.38. The quantitative estimate of drug-likeness (QED) is 0.814. The Morgan fingerprint density at radius 3 is 2.60 bits per heavy atom. The molecule has 1 aliphatic heterocycles. The molecule has 1 heterocycles. The first-order valence-corrected chi connectivity index (χ1v) is 7.85. The van der Waals surface area contributed by atoms with Gasteiger partial charge in [0.1, 0.15) is 0 Å². The van der Waals surface area contributed by atoms with E-state index in [0.717, 1.165) is 39.0 Å². The van der Waals surface area contributed by atoms with Crippen LogP contribution in [-0.2, 0) is 4.79 Å². The summed E-state index contributed by atoms with van der Waals surface area (Å²) in [5.74, 6) is 0.326. The molecule has 1 atom stereocenters. The molecule has 5 heteroatoms. The second-order valence-corrected chi connectivity index (χ2v) is 6.15. The van der Waals surface area contributed by atoms with Crippen molar-refractivity contribution in [3.8, 4) is 0 Å². The van der Waals surface area contributed by atoms with E-state index < -0.39 is 5.97 Å². The van der Waals surface area contributed by atoms with E-state index >= 15 is 0 Å². The molecule has 0 aromatic rings. The highest BCUT2D eigenvalue weighted by Gasteiger charge is 2.30. The Balaban J connectivity index is 1.82. The lowest BCUT2D eigenvalue weighted by atomic mass is 9.93. The zero-order valence-electron chi connectivity index (χ0n) is 12.4. The van der Waals surface area contributed by atoms with E-state index in [2.05, 4.69) is 0 Å².